The van der Waals surface area contributed by atoms with Crippen molar-refractivity contribution in [2.45, 2.75) is 25.3 Å². The van der Waals surface area contributed by atoms with Crippen LogP contribution in [0.1, 0.15) is 29.6 Å². The van der Waals surface area contributed by atoms with E-state index in [1.807, 2.05) is 23.1 Å². The van der Waals surface area contributed by atoms with Gasteiger partial charge in [0, 0.05) is 24.7 Å². The molecule has 1 atom stereocenters. The van der Waals surface area contributed by atoms with Crippen LogP contribution in [0.2, 0.25) is 0 Å². The van der Waals surface area contributed by atoms with E-state index >= 15 is 0 Å². The van der Waals surface area contributed by atoms with E-state index in [0.29, 0.717) is 16.7 Å². The molecule has 1 aliphatic rings. The number of nitrogen functional groups attached to an aromatic ring is 1. The molecule has 6 nitrogen and oxygen atoms in total. The van der Waals surface area contributed by atoms with Gasteiger partial charge in [0.25, 0.3) is 5.91 Å². The number of anilines is 1. The Balaban J connectivity index is 1.63. The molecule has 142 valence electrons. The number of rotatable bonds is 6. The highest BCUT2D eigenvalue weighted by molar-refractivity contribution is 7.22. The number of piperidine rings is 1. The molecule has 0 spiro atoms. The second-order valence-corrected chi connectivity index (χ2v) is 8.48. The number of likely N-dealkylation sites (N-methyl/N-ethyl adjacent to an activating group) is 1. The highest BCUT2D eigenvalue weighted by Gasteiger charge is 2.27. The fraction of sp³-hybridized carbons (Fsp3) is 0.579. The lowest BCUT2D eigenvalue weighted by Gasteiger charge is -2.38. The molecule has 1 amide bonds. The minimum Gasteiger partial charge on any atom is -0.375 e. The minimum absolute atomic E-state index is 0.102. The number of hydrogen-bond acceptors (Lipinski definition) is 6. The SMILES string of the molecule is CN(C)CCCN(C)[C@H]1CCCN(C(=O)c2ccc3sc(N)nc3c2)C1. The van der Waals surface area contributed by atoms with Gasteiger partial charge in [-0.3, -0.25) is 4.79 Å². The van der Waals surface area contributed by atoms with Gasteiger partial charge in [0.05, 0.1) is 10.2 Å². The largest absolute Gasteiger partial charge is 0.375 e. The van der Waals surface area contributed by atoms with Crippen molar-refractivity contribution in [2.24, 2.45) is 0 Å². The smallest absolute Gasteiger partial charge is 0.253 e. The number of carbonyl (C=O) groups is 1. The lowest BCUT2D eigenvalue weighted by atomic mass is 10.0. The van der Waals surface area contributed by atoms with Crippen molar-refractivity contribution >= 4 is 32.6 Å². The first-order valence-corrected chi connectivity index (χ1v) is 10.1. The number of hydrogen-bond donors (Lipinski definition) is 1. The molecule has 2 aromatic rings. The molecule has 0 bridgehead atoms. The lowest BCUT2D eigenvalue weighted by molar-refractivity contribution is 0.0607. The molecule has 0 saturated carbocycles. The minimum atomic E-state index is 0.102. The number of thiazole rings is 1. The summed E-state index contributed by atoms with van der Waals surface area (Å²) in [6.45, 7) is 3.79. The van der Waals surface area contributed by atoms with Crippen molar-refractivity contribution in [2.75, 3.05) is 53.1 Å². The third kappa shape index (κ3) is 4.52. The van der Waals surface area contributed by atoms with Crippen LogP contribution in [0.3, 0.4) is 0 Å². The Morgan fingerprint density at radius 2 is 2.15 bits per heavy atom. The fourth-order valence-electron chi connectivity index (χ4n) is 3.58. The number of nitrogens with two attached hydrogens (primary N) is 1. The Hall–Kier alpha value is -1.70. The molecule has 1 aromatic carbocycles. The van der Waals surface area contributed by atoms with Gasteiger partial charge in [0.2, 0.25) is 0 Å². The first-order valence-electron chi connectivity index (χ1n) is 9.24. The third-order valence-electron chi connectivity index (χ3n) is 5.07. The lowest BCUT2D eigenvalue weighted by Crippen LogP contribution is -2.49. The highest BCUT2D eigenvalue weighted by Crippen LogP contribution is 2.25. The van der Waals surface area contributed by atoms with Crippen LogP contribution >= 0.6 is 11.3 Å². The number of amides is 1. The summed E-state index contributed by atoms with van der Waals surface area (Å²) in [5.74, 6) is 0.102. The maximum absolute atomic E-state index is 13.0. The Morgan fingerprint density at radius 3 is 2.92 bits per heavy atom. The van der Waals surface area contributed by atoms with Crippen molar-refractivity contribution in [1.82, 2.24) is 19.7 Å². The molecule has 7 heteroatoms. The molecule has 2 N–H and O–H groups in total. The average molecular weight is 376 g/mol. The standard InChI is InChI=1S/C19H29N5OS/c1-22(2)9-5-10-23(3)15-6-4-11-24(13-15)18(25)14-7-8-17-16(12-14)21-19(20)26-17/h7-8,12,15H,4-6,9-11,13H2,1-3H3,(H2,20,21)/t15-/m0/s1. The van der Waals surface area contributed by atoms with Gasteiger partial charge in [-0.05, 0) is 71.7 Å². The number of fused-ring (bicyclic) bond motifs is 1. The summed E-state index contributed by atoms with van der Waals surface area (Å²) in [5.41, 5.74) is 7.29. The fourth-order valence-corrected chi connectivity index (χ4v) is 4.29. The van der Waals surface area contributed by atoms with Gasteiger partial charge in [-0.1, -0.05) is 11.3 Å². The molecule has 0 radical (unpaired) electrons. The van der Waals surface area contributed by atoms with Gasteiger partial charge in [-0.15, -0.1) is 0 Å². The third-order valence-corrected chi connectivity index (χ3v) is 5.94. The van der Waals surface area contributed by atoms with Crippen LogP contribution < -0.4 is 5.73 Å². The molecule has 1 fully saturated rings. The van der Waals surface area contributed by atoms with E-state index in [2.05, 4.69) is 35.9 Å². The van der Waals surface area contributed by atoms with Crippen molar-refractivity contribution in [3.05, 3.63) is 23.8 Å². The predicted molar refractivity (Wildman–Crippen MR) is 109 cm³/mol. The zero-order chi connectivity index (χ0) is 18.7. The first-order chi connectivity index (χ1) is 12.4. The summed E-state index contributed by atoms with van der Waals surface area (Å²) in [4.78, 5) is 23.9. The van der Waals surface area contributed by atoms with E-state index in [1.165, 1.54) is 11.3 Å². The summed E-state index contributed by atoms with van der Waals surface area (Å²) < 4.78 is 1.02. The van der Waals surface area contributed by atoms with Crippen LogP contribution in [0, 0.1) is 0 Å². The van der Waals surface area contributed by atoms with Crippen LogP contribution in [-0.4, -0.2) is 79.0 Å². The molecule has 2 heterocycles. The Morgan fingerprint density at radius 1 is 1.35 bits per heavy atom. The number of aromatic nitrogens is 1. The first kappa shape index (κ1) is 19.1. The monoisotopic (exact) mass is 375 g/mol. The number of carbonyl (C=O) groups excluding carboxylic acids is 1. The Kier molecular flexibility index (Phi) is 6.11. The molecule has 1 saturated heterocycles. The molecule has 0 unspecified atom stereocenters. The van der Waals surface area contributed by atoms with Crippen LogP contribution in [0.5, 0.6) is 0 Å². The quantitative estimate of drug-likeness (QED) is 0.840. The number of likely N-dealkylation sites (tertiary alicyclic amines) is 1. The van der Waals surface area contributed by atoms with E-state index in [-0.39, 0.29) is 5.91 Å². The summed E-state index contributed by atoms with van der Waals surface area (Å²) in [7, 11) is 6.39. The summed E-state index contributed by atoms with van der Waals surface area (Å²) in [6, 6.07) is 6.15. The Labute approximate surface area is 159 Å². The second kappa shape index (κ2) is 8.33. The highest BCUT2D eigenvalue weighted by atomic mass is 32.1. The average Bonchev–Trinajstić information content (AvgIpc) is 3.00. The molecular weight excluding hydrogens is 346 g/mol. The zero-order valence-electron chi connectivity index (χ0n) is 15.9. The van der Waals surface area contributed by atoms with E-state index < -0.39 is 0 Å². The number of benzene rings is 1. The Bertz CT molecular complexity index is 759. The van der Waals surface area contributed by atoms with Gasteiger partial charge in [-0.25, -0.2) is 4.98 Å². The van der Waals surface area contributed by atoms with Gasteiger partial charge in [-0.2, -0.15) is 0 Å². The van der Waals surface area contributed by atoms with Crippen molar-refractivity contribution in [3.8, 4) is 0 Å². The van der Waals surface area contributed by atoms with Gasteiger partial charge in [0.15, 0.2) is 5.13 Å². The van der Waals surface area contributed by atoms with E-state index in [0.717, 1.165) is 55.7 Å². The summed E-state index contributed by atoms with van der Waals surface area (Å²) in [6.07, 6.45) is 3.36. The van der Waals surface area contributed by atoms with Gasteiger partial charge < -0.3 is 20.4 Å². The molecule has 1 aromatic heterocycles. The van der Waals surface area contributed by atoms with Gasteiger partial charge >= 0.3 is 0 Å². The maximum atomic E-state index is 13.0. The van der Waals surface area contributed by atoms with Crippen molar-refractivity contribution < 1.29 is 4.79 Å². The molecule has 3 rings (SSSR count). The van der Waals surface area contributed by atoms with Crippen molar-refractivity contribution in [3.63, 3.8) is 0 Å². The number of nitrogens with zero attached hydrogens (tertiary/aromatic N) is 4. The molecule has 1 aliphatic heterocycles. The van der Waals surface area contributed by atoms with Gasteiger partial charge in [0.1, 0.15) is 0 Å². The zero-order valence-corrected chi connectivity index (χ0v) is 16.8. The molecule has 0 aliphatic carbocycles. The predicted octanol–water partition coefficient (Wildman–Crippen LogP) is 2.37. The molecular formula is C19H29N5OS. The van der Waals surface area contributed by atoms with Crippen molar-refractivity contribution in [1.29, 1.82) is 0 Å². The summed E-state index contributed by atoms with van der Waals surface area (Å²) >= 11 is 1.45. The van der Waals surface area contributed by atoms with Crippen LogP contribution in [0.15, 0.2) is 18.2 Å². The normalized spacial score (nSPS) is 18.2. The van der Waals surface area contributed by atoms with E-state index in [1.54, 1.807) is 0 Å². The van der Waals surface area contributed by atoms with Crippen LogP contribution in [0.4, 0.5) is 5.13 Å². The van der Waals surface area contributed by atoms with Crippen LogP contribution in [0.25, 0.3) is 10.2 Å². The summed E-state index contributed by atoms with van der Waals surface area (Å²) in [5, 5.41) is 0.544. The van der Waals surface area contributed by atoms with Crippen LogP contribution in [-0.2, 0) is 0 Å². The second-order valence-electron chi connectivity index (χ2n) is 7.42. The van der Waals surface area contributed by atoms with E-state index in [9.17, 15) is 4.79 Å². The molecule has 26 heavy (non-hydrogen) atoms. The topological polar surface area (TPSA) is 65.7 Å². The van der Waals surface area contributed by atoms with E-state index in [4.69, 9.17) is 5.73 Å². The maximum Gasteiger partial charge on any atom is 0.253 e.